The van der Waals surface area contributed by atoms with Crippen molar-refractivity contribution < 1.29 is 27.4 Å². The molecule has 0 spiro atoms. The van der Waals surface area contributed by atoms with Crippen molar-refractivity contribution in [3.8, 4) is 5.75 Å². The lowest BCUT2D eigenvalue weighted by Gasteiger charge is -2.19. The van der Waals surface area contributed by atoms with Crippen LogP contribution in [0.1, 0.15) is 16.2 Å². The number of aromatic nitrogens is 3. The standard InChI is InChI=1S/C13H13F3N4O3/c14-13(15,16)11-2-1-8(19-11)12(21)20-9-5-22-6-10(9)23-7-3-17-18-4-7/h1-4,9-10,19H,5-6H2,(H,17,18)(H,20,21)/t9-,10+/m0/s1. The smallest absolute Gasteiger partial charge is 0.431 e. The maximum absolute atomic E-state index is 12.5. The van der Waals surface area contributed by atoms with E-state index in [-0.39, 0.29) is 18.9 Å². The summed E-state index contributed by atoms with van der Waals surface area (Å²) in [5.74, 6) is -0.171. The number of nitrogens with zero attached hydrogens (tertiary/aromatic N) is 1. The van der Waals surface area contributed by atoms with Gasteiger partial charge in [0.25, 0.3) is 5.91 Å². The first-order valence-electron chi connectivity index (χ1n) is 6.74. The predicted octanol–water partition coefficient (Wildman–Crippen LogP) is 1.33. The van der Waals surface area contributed by atoms with E-state index in [4.69, 9.17) is 9.47 Å². The van der Waals surface area contributed by atoms with Gasteiger partial charge in [-0.25, -0.2) is 0 Å². The molecule has 1 aliphatic rings. The first-order valence-corrected chi connectivity index (χ1v) is 6.74. The van der Waals surface area contributed by atoms with Crippen LogP contribution in [0.3, 0.4) is 0 Å². The van der Waals surface area contributed by atoms with Crippen molar-refractivity contribution in [2.75, 3.05) is 13.2 Å². The van der Waals surface area contributed by atoms with Crippen LogP contribution < -0.4 is 10.1 Å². The Kier molecular flexibility index (Phi) is 3.99. The van der Waals surface area contributed by atoms with Crippen molar-refractivity contribution in [2.45, 2.75) is 18.3 Å². The van der Waals surface area contributed by atoms with E-state index in [1.54, 1.807) is 0 Å². The molecule has 1 aliphatic heterocycles. The summed E-state index contributed by atoms with van der Waals surface area (Å²) in [6.07, 6.45) is -1.97. The first kappa shape index (κ1) is 15.4. The second kappa shape index (κ2) is 5.95. The lowest BCUT2D eigenvalue weighted by Crippen LogP contribution is -2.45. The van der Waals surface area contributed by atoms with Gasteiger partial charge >= 0.3 is 6.18 Å². The highest BCUT2D eigenvalue weighted by molar-refractivity contribution is 5.92. The summed E-state index contributed by atoms with van der Waals surface area (Å²) >= 11 is 0. The van der Waals surface area contributed by atoms with Gasteiger partial charge < -0.3 is 19.8 Å². The highest BCUT2D eigenvalue weighted by atomic mass is 19.4. The fraction of sp³-hybridized carbons (Fsp3) is 0.385. The molecule has 124 valence electrons. The fourth-order valence-electron chi connectivity index (χ4n) is 2.20. The number of amides is 1. The maximum atomic E-state index is 12.5. The number of halogens is 3. The van der Waals surface area contributed by atoms with Crippen LogP contribution >= 0.6 is 0 Å². The summed E-state index contributed by atoms with van der Waals surface area (Å²) in [5, 5.41) is 8.93. The zero-order valence-electron chi connectivity index (χ0n) is 11.7. The molecule has 2 aromatic rings. The van der Waals surface area contributed by atoms with E-state index in [2.05, 4.69) is 20.5 Å². The summed E-state index contributed by atoms with van der Waals surface area (Å²) in [6, 6.07) is 1.43. The van der Waals surface area contributed by atoms with Gasteiger partial charge in [0.1, 0.15) is 17.5 Å². The van der Waals surface area contributed by atoms with Crippen LogP contribution in [0.2, 0.25) is 0 Å². The summed E-state index contributed by atoms with van der Waals surface area (Å²) in [5.41, 5.74) is -1.15. The molecule has 0 aromatic carbocycles. The molecule has 1 fully saturated rings. The second-order valence-electron chi connectivity index (χ2n) is 4.99. The number of carbonyl (C=O) groups excluding carboxylic acids is 1. The Morgan fingerprint density at radius 3 is 2.87 bits per heavy atom. The van der Waals surface area contributed by atoms with Gasteiger partial charge in [-0.15, -0.1) is 0 Å². The van der Waals surface area contributed by atoms with Crippen LogP contribution in [0, 0.1) is 0 Å². The molecular weight excluding hydrogens is 317 g/mol. The molecule has 2 aromatic heterocycles. The molecule has 0 bridgehead atoms. The summed E-state index contributed by atoms with van der Waals surface area (Å²) < 4.78 is 48.4. The Morgan fingerprint density at radius 1 is 1.39 bits per heavy atom. The van der Waals surface area contributed by atoms with E-state index >= 15 is 0 Å². The number of alkyl halides is 3. The molecule has 2 atom stereocenters. The van der Waals surface area contributed by atoms with Crippen LogP contribution in [0.25, 0.3) is 0 Å². The van der Waals surface area contributed by atoms with E-state index in [1.165, 1.54) is 12.4 Å². The van der Waals surface area contributed by atoms with E-state index in [0.29, 0.717) is 5.75 Å². The van der Waals surface area contributed by atoms with Gasteiger partial charge in [-0.3, -0.25) is 9.89 Å². The van der Waals surface area contributed by atoms with Crippen LogP contribution in [0.4, 0.5) is 13.2 Å². The molecule has 3 N–H and O–H groups in total. The third-order valence-corrected chi connectivity index (χ3v) is 3.34. The molecule has 1 amide bonds. The molecule has 23 heavy (non-hydrogen) atoms. The minimum Gasteiger partial charge on any atom is -0.482 e. The summed E-state index contributed by atoms with van der Waals surface area (Å²) in [6.45, 7) is 0.468. The topological polar surface area (TPSA) is 92.0 Å². The molecule has 0 saturated carbocycles. The number of carbonyl (C=O) groups is 1. The van der Waals surface area contributed by atoms with E-state index < -0.39 is 29.9 Å². The maximum Gasteiger partial charge on any atom is 0.431 e. The Labute approximate surface area is 128 Å². The predicted molar refractivity (Wildman–Crippen MR) is 70.9 cm³/mol. The average Bonchev–Trinajstić information content (AvgIpc) is 3.20. The number of hydrogen-bond acceptors (Lipinski definition) is 4. The minimum atomic E-state index is -4.53. The van der Waals surface area contributed by atoms with Crippen molar-refractivity contribution in [1.29, 1.82) is 0 Å². The van der Waals surface area contributed by atoms with E-state index in [1.807, 2.05) is 0 Å². The normalized spacial score (nSPS) is 21.3. The van der Waals surface area contributed by atoms with Gasteiger partial charge in [-0.05, 0) is 12.1 Å². The molecule has 1 saturated heterocycles. The Hall–Kier alpha value is -2.49. The van der Waals surface area contributed by atoms with Crippen molar-refractivity contribution in [3.05, 3.63) is 35.9 Å². The van der Waals surface area contributed by atoms with Gasteiger partial charge in [0.2, 0.25) is 0 Å². The Bertz CT molecular complexity index is 668. The summed E-state index contributed by atoms with van der Waals surface area (Å²) in [4.78, 5) is 14.1. The molecule has 0 aliphatic carbocycles. The first-order chi connectivity index (χ1) is 10.9. The van der Waals surface area contributed by atoms with Crippen molar-refractivity contribution in [2.24, 2.45) is 0 Å². The highest BCUT2D eigenvalue weighted by Gasteiger charge is 2.34. The molecule has 0 radical (unpaired) electrons. The Morgan fingerprint density at radius 2 is 2.22 bits per heavy atom. The van der Waals surface area contributed by atoms with Gasteiger partial charge in [-0.1, -0.05) is 0 Å². The molecular formula is C13H13F3N4O3. The van der Waals surface area contributed by atoms with Gasteiger partial charge in [0, 0.05) is 0 Å². The van der Waals surface area contributed by atoms with Crippen molar-refractivity contribution in [3.63, 3.8) is 0 Å². The third kappa shape index (κ3) is 3.47. The van der Waals surface area contributed by atoms with E-state index in [0.717, 1.165) is 12.1 Å². The highest BCUT2D eigenvalue weighted by Crippen LogP contribution is 2.28. The monoisotopic (exact) mass is 330 g/mol. The zero-order valence-corrected chi connectivity index (χ0v) is 11.7. The van der Waals surface area contributed by atoms with Crippen LogP contribution in [0.5, 0.6) is 5.75 Å². The summed E-state index contributed by atoms with van der Waals surface area (Å²) in [7, 11) is 0. The number of aromatic amines is 2. The molecule has 0 unspecified atom stereocenters. The van der Waals surface area contributed by atoms with Crippen molar-refractivity contribution in [1.82, 2.24) is 20.5 Å². The van der Waals surface area contributed by atoms with Gasteiger partial charge in [-0.2, -0.15) is 18.3 Å². The average molecular weight is 330 g/mol. The van der Waals surface area contributed by atoms with Gasteiger partial charge in [0.05, 0.1) is 31.6 Å². The van der Waals surface area contributed by atoms with Crippen LogP contribution in [-0.2, 0) is 10.9 Å². The lowest BCUT2D eigenvalue weighted by atomic mass is 10.2. The number of ether oxygens (including phenoxy) is 2. The largest absolute Gasteiger partial charge is 0.482 e. The van der Waals surface area contributed by atoms with Gasteiger partial charge in [0.15, 0.2) is 5.75 Å². The zero-order chi connectivity index (χ0) is 16.4. The molecule has 7 nitrogen and oxygen atoms in total. The molecule has 10 heteroatoms. The molecule has 3 rings (SSSR count). The second-order valence-corrected chi connectivity index (χ2v) is 4.99. The SMILES string of the molecule is O=C(N[C@H]1COC[C@H]1Oc1cn[nH]c1)c1ccc(C(F)(F)F)[nH]1. The number of H-pyrrole nitrogens is 2. The van der Waals surface area contributed by atoms with E-state index in [9.17, 15) is 18.0 Å². The number of rotatable bonds is 4. The third-order valence-electron chi connectivity index (χ3n) is 3.34. The van der Waals surface area contributed by atoms with Crippen LogP contribution in [0.15, 0.2) is 24.5 Å². The van der Waals surface area contributed by atoms with Crippen molar-refractivity contribution >= 4 is 5.91 Å². The quantitative estimate of drug-likeness (QED) is 0.789. The number of nitrogens with one attached hydrogen (secondary N) is 3. The fourth-order valence-corrected chi connectivity index (χ4v) is 2.20. The number of hydrogen-bond donors (Lipinski definition) is 3. The Balaban J connectivity index is 1.63. The van der Waals surface area contributed by atoms with Crippen LogP contribution in [-0.4, -0.2) is 46.4 Å². The minimum absolute atomic E-state index is 0.175. The lowest BCUT2D eigenvalue weighted by molar-refractivity contribution is -0.140. The molecule has 3 heterocycles.